The first kappa shape index (κ1) is 22.0. The number of ether oxygens (including phenoxy) is 1. The number of hydrogen-bond acceptors (Lipinski definition) is 7. The van der Waals surface area contributed by atoms with Gasteiger partial charge >= 0.3 is 5.97 Å². The van der Waals surface area contributed by atoms with Crippen LogP contribution in [-0.4, -0.2) is 40.4 Å². The fourth-order valence-corrected chi connectivity index (χ4v) is 4.99. The fourth-order valence-electron chi connectivity index (χ4n) is 3.78. The Hall–Kier alpha value is -3.26. The molecule has 2 aromatic heterocycles. The first-order chi connectivity index (χ1) is 15.5. The Morgan fingerprint density at radius 2 is 2.00 bits per heavy atom. The van der Waals surface area contributed by atoms with Crippen LogP contribution in [0.3, 0.4) is 0 Å². The molecule has 0 unspecified atom stereocenters. The largest absolute Gasteiger partial charge is 0.467 e. The average molecular weight is 451 g/mol. The van der Waals surface area contributed by atoms with Crippen molar-refractivity contribution >= 4 is 39.2 Å². The highest BCUT2D eigenvalue weighted by atomic mass is 32.1. The van der Waals surface area contributed by atoms with E-state index in [0.717, 1.165) is 26.2 Å². The minimum atomic E-state index is -0.683. The van der Waals surface area contributed by atoms with Crippen molar-refractivity contribution < 1.29 is 14.3 Å². The lowest BCUT2D eigenvalue weighted by molar-refractivity contribution is -0.141. The Balaban J connectivity index is 1.65. The zero-order valence-electron chi connectivity index (χ0n) is 18.4. The van der Waals surface area contributed by atoms with Crippen molar-refractivity contribution in [2.45, 2.75) is 32.9 Å². The normalized spacial score (nSPS) is 14.6. The van der Waals surface area contributed by atoms with Crippen LogP contribution < -0.4 is 5.32 Å². The molecule has 3 heterocycles. The number of fused-ring (bicyclic) bond motifs is 3. The summed E-state index contributed by atoms with van der Waals surface area (Å²) >= 11 is 1.57. The van der Waals surface area contributed by atoms with E-state index in [-0.39, 0.29) is 11.9 Å². The molecule has 1 atom stereocenters. The summed E-state index contributed by atoms with van der Waals surface area (Å²) in [5.41, 5.74) is 1.94. The Bertz CT molecular complexity index is 1160. The number of rotatable bonds is 6. The van der Waals surface area contributed by atoms with Gasteiger partial charge in [0.1, 0.15) is 17.0 Å². The summed E-state index contributed by atoms with van der Waals surface area (Å²) in [6.07, 6.45) is 5.80. The lowest BCUT2D eigenvalue weighted by Gasteiger charge is -2.26. The number of carbonyl (C=O) groups is 2. The number of methoxy groups -OCH3 is 1. The van der Waals surface area contributed by atoms with Crippen molar-refractivity contribution in [1.29, 1.82) is 0 Å². The number of nitrogens with one attached hydrogen (secondary N) is 1. The quantitative estimate of drug-likeness (QED) is 0.449. The molecule has 32 heavy (non-hydrogen) atoms. The van der Waals surface area contributed by atoms with Gasteiger partial charge in [-0.3, -0.25) is 4.79 Å². The van der Waals surface area contributed by atoms with Gasteiger partial charge in [-0.15, -0.1) is 11.3 Å². The Kier molecular flexibility index (Phi) is 6.50. The maximum atomic E-state index is 12.6. The van der Waals surface area contributed by atoms with Crippen LogP contribution in [0.2, 0.25) is 0 Å². The second-order valence-corrected chi connectivity index (χ2v) is 9.11. The number of amides is 1. The van der Waals surface area contributed by atoms with E-state index in [2.05, 4.69) is 15.3 Å². The van der Waals surface area contributed by atoms with E-state index in [4.69, 9.17) is 4.74 Å². The van der Waals surface area contributed by atoms with E-state index in [0.29, 0.717) is 31.2 Å². The predicted octanol–water partition coefficient (Wildman–Crippen LogP) is 4.11. The van der Waals surface area contributed by atoms with E-state index in [1.165, 1.54) is 13.4 Å². The van der Waals surface area contributed by atoms with E-state index in [9.17, 15) is 9.59 Å². The molecule has 3 aromatic rings. The summed E-state index contributed by atoms with van der Waals surface area (Å²) in [4.78, 5) is 37.8. The maximum Gasteiger partial charge on any atom is 0.333 e. The number of allylic oxidation sites excluding steroid dienone is 1. The van der Waals surface area contributed by atoms with Crippen LogP contribution in [-0.2, 0) is 27.3 Å². The second kappa shape index (κ2) is 9.48. The third-order valence-corrected chi connectivity index (χ3v) is 6.55. The molecule has 0 radical (unpaired) electrons. The molecule has 0 aliphatic carbocycles. The summed E-state index contributed by atoms with van der Waals surface area (Å²) < 4.78 is 5.03. The highest BCUT2D eigenvalue weighted by Gasteiger charge is 2.28. The first-order valence-electron chi connectivity index (χ1n) is 10.6. The van der Waals surface area contributed by atoms with Crippen molar-refractivity contribution in [1.82, 2.24) is 14.9 Å². The van der Waals surface area contributed by atoms with Crippen molar-refractivity contribution in [3.63, 3.8) is 0 Å². The molecule has 4 rings (SSSR count). The molecule has 0 saturated heterocycles. The Labute approximate surface area is 191 Å². The molecule has 0 bridgehead atoms. The summed E-state index contributed by atoms with van der Waals surface area (Å²) in [6, 6.07) is 8.74. The van der Waals surface area contributed by atoms with E-state index >= 15 is 0 Å². The molecule has 1 aliphatic heterocycles. The summed E-state index contributed by atoms with van der Waals surface area (Å²) in [7, 11) is 1.38. The molecular weight excluding hydrogens is 424 g/mol. The molecule has 0 saturated carbocycles. The molecule has 0 spiro atoms. The third-order valence-electron chi connectivity index (χ3n) is 5.42. The van der Waals surface area contributed by atoms with Crippen LogP contribution in [0, 0.1) is 5.92 Å². The molecule has 1 amide bonds. The lowest BCUT2D eigenvalue weighted by atomic mass is 10.0. The standard InChI is InChI=1S/C24H26N4O3S/c1-15(2)9-10-19(29)28-12-11-17-18(13-28)32-23-20(17)22(25-14-26-23)27-21(24(30)31-3)16-7-5-4-6-8-16/h4-10,14-15,21H,11-13H2,1-3H3,(H,25,26,27)/b10-9+/t21-/m0/s1. The Morgan fingerprint density at radius 3 is 2.72 bits per heavy atom. The molecule has 0 fully saturated rings. The first-order valence-corrected chi connectivity index (χ1v) is 11.4. The second-order valence-electron chi connectivity index (χ2n) is 8.03. The van der Waals surface area contributed by atoms with Gasteiger partial charge in [0, 0.05) is 11.4 Å². The number of thiophene rings is 1. The molecular formula is C24H26N4O3S. The van der Waals surface area contributed by atoms with Gasteiger partial charge in [0.05, 0.1) is 19.0 Å². The number of esters is 1. The van der Waals surface area contributed by atoms with Crippen LogP contribution in [0.5, 0.6) is 0 Å². The maximum absolute atomic E-state index is 12.6. The molecule has 8 heteroatoms. The van der Waals surface area contributed by atoms with Gasteiger partial charge in [-0.25, -0.2) is 14.8 Å². The van der Waals surface area contributed by atoms with Crippen LogP contribution in [0.1, 0.15) is 35.9 Å². The molecule has 1 aliphatic rings. The van der Waals surface area contributed by atoms with Gasteiger partial charge in [0.2, 0.25) is 5.91 Å². The van der Waals surface area contributed by atoms with Crippen molar-refractivity contribution in [2.75, 3.05) is 19.0 Å². The average Bonchev–Trinajstić information content (AvgIpc) is 3.19. The smallest absolute Gasteiger partial charge is 0.333 e. The molecule has 7 nitrogen and oxygen atoms in total. The van der Waals surface area contributed by atoms with E-state index in [1.54, 1.807) is 17.4 Å². The minimum Gasteiger partial charge on any atom is -0.467 e. The summed E-state index contributed by atoms with van der Waals surface area (Å²) in [5.74, 6) is 0.577. The van der Waals surface area contributed by atoms with Crippen LogP contribution in [0.25, 0.3) is 10.2 Å². The van der Waals surface area contributed by atoms with Crippen molar-refractivity contribution in [2.24, 2.45) is 5.92 Å². The predicted molar refractivity (Wildman–Crippen MR) is 125 cm³/mol. The van der Waals surface area contributed by atoms with Crippen LogP contribution >= 0.6 is 11.3 Å². The highest BCUT2D eigenvalue weighted by molar-refractivity contribution is 7.19. The number of hydrogen-bond donors (Lipinski definition) is 1. The van der Waals surface area contributed by atoms with Gasteiger partial charge < -0.3 is 15.0 Å². The van der Waals surface area contributed by atoms with Gasteiger partial charge in [0.25, 0.3) is 0 Å². The van der Waals surface area contributed by atoms with Crippen LogP contribution in [0.4, 0.5) is 5.82 Å². The van der Waals surface area contributed by atoms with Gasteiger partial charge in [-0.2, -0.15) is 0 Å². The van der Waals surface area contributed by atoms with Crippen molar-refractivity contribution in [3.05, 3.63) is 64.8 Å². The number of carbonyl (C=O) groups excluding carboxylic acids is 2. The number of benzene rings is 1. The SMILES string of the molecule is COC(=O)[C@@H](Nc1ncnc2sc3c(c12)CCN(C(=O)/C=C/C(C)C)C3)c1ccccc1. The third kappa shape index (κ3) is 4.50. The molecule has 1 aromatic carbocycles. The number of nitrogens with zero attached hydrogens (tertiary/aromatic N) is 3. The number of aromatic nitrogens is 2. The monoisotopic (exact) mass is 450 g/mol. The summed E-state index contributed by atoms with van der Waals surface area (Å²) in [6.45, 7) is 5.28. The van der Waals surface area contributed by atoms with Gasteiger partial charge in [-0.05, 0) is 29.5 Å². The van der Waals surface area contributed by atoms with E-state index in [1.807, 2.05) is 55.2 Å². The van der Waals surface area contributed by atoms with Gasteiger partial charge in [-0.1, -0.05) is 50.3 Å². The zero-order chi connectivity index (χ0) is 22.7. The summed E-state index contributed by atoms with van der Waals surface area (Å²) in [5, 5.41) is 4.20. The highest BCUT2D eigenvalue weighted by Crippen LogP contribution is 2.38. The molecule has 166 valence electrons. The lowest BCUT2D eigenvalue weighted by Crippen LogP contribution is -2.34. The van der Waals surface area contributed by atoms with Crippen molar-refractivity contribution in [3.8, 4) is 0 Å². The molecule has 1 N–H and O–H groups in total. The zero-order valence-corrected chi connectivity index (χ0v) is 19.2. The Morgan fingerprint density at radius 1 is 1.22 bits per heavy atom. The fraction of sp³-hybridized carbons (Fsp3) is 0.333. The van der Waals surface area contributed by atoms with Crippen LogP contribution in [0.15, 0.2) is 48.8 Å². The minimum absolute atomic E-state index is 0.0288. The van der Waals surface area contributed by atoms with E-state index < -0.39 is 6.04 Å². The van der Waals surface area contributed by atoms with Gasteiger partial charge in [0.15, 0.2) is 6.04 Å². The number of anilines is 1. The topological polar surface area (TPSA) is 84.4 Å².